The van der Waals surface area contributed by atoms with Gasteiger partial charge in [0.15, 0.2) is 6.29 Å². The van der Waals surface area contributed by atoms with Crippen LogP contribution in [-0.2, 0) is 4.79 Å². The number of rotatable bonds is 3. The number of carbonyl (C=O) groups is 1. The van der Waals surface area contributed by atoms with Crippen LogP contribution in [0.1, 0.15) is 5.56 Å². The SMILES string of the molecule is O=C1CNNC(N/N=C/c2ccc(O)cc2O)N1. The molecule has 1 heterocycles. The van der Waals surface area contributed by atoms with E-state index in [1.807, 2.05) is 0 Å². The molecular formula is C10H13N5O3. The van der Waals surface area contributed by atoms with E-state index in [0.29, 0.717) is 5.56 Å². The molecule has 18 heavy (non-hydrogen) atoms. The minimum Gasteiger partial charge on any atom is -0.508 e. The van der Waals surface area contributed by atoms with E-state index in [1.165, 1.54) is 24.4 Å². The topological polar surface area (TPSA) is 118 Å². The molecule has 0 bridgehead atoms. The predicted molar refractivity (Wildman–Crippen MR) is 63.6 cm³/mol. The molecule has 0 radical (unpaired) electrons. The molecule has 1 saturated heterocycles. The summed E-state index contributed by atoms with van der Waals surface area (Å²) in [7, 11) is 0. The summed E-state index contributed by atoms with van der Waals surface area (Å²) in [6, 6.07) is 4.16. The van der Waals surface area contributed by atoms with Gasteiger partial charge in [0.05, 0.1) is 12.8 Å². The van der Waals surface area contributed by atoms with Gasteiger partial charge in [0, 0.05) is 11.6 Å². The number of hydrogen-bond acceptors (Lipinski definition) is 7. The lowest BCUT2D eigenvalue weighted by molar-refractivity contribution is -0.123. The standard InChI is InChI=1S/C10H13N5O3/c16-7-2-1-6(8(17)3-7)4-11-14-10-13-9(18)5-12-15-10/h1-4,10,12,14-17H,5H2,(H,13,18)/b11-4+. The van der Waals surface area contributed by atoms with E-state index in [2.05, 4.69) is 26.7 Å². The summed E-state index contributed by atoms with van der Waals surface area (Å²) < 4.78 is 0. The van der Waals surface area contributed by atoms with Crippen molar-refractivity contribution in [2.45, 2.75) is 6.29 Å². The van der Waals surface area contributed by atoms with Crippen molar-refractivity contribution in [3.8, 4) is 11.5 Å². The van der Waals surface area contributed by atoms with Gasteiger partial charge in [-0.3, -0.25) is 10.2 Å². The fourth-order valence-corrected chi connectivity index (χ4v) is 1.37. The Morgan fingerprint density at radius 2 is 2.28 bits per heavy atom. The van der Waals surface area contributed by atoms with E-state index in [4.69, 9.17) is 5.11 Å². The van der Waals surface area contributed by atoms with Crippen molar-refractivity contribution in [1.29, 1.82) is 0 Å². The van der Waals surface area contributed by atoms with Crippen molar-refractivity contribution in [3.05, 3.63) is 23.8 Å². The molecule has 2 rings (SSSR count). The summed E-state index contributed by atoms with van der Waals surface area (Å²) in [5.41, 5.74) is 8.49. The van der Waals surface area contributed by atoms with E-state index in [9.17, 15) is 9.90 Å². The highest BCUT2D eigenvalue weighted by Crippen LogP contribution is 2.20. The van der Waals surface area contributed by atoms with E-state index in [0.717, 1.165) is 0 Å². The minimum absolute atomic E-state index is 0.0250. The Morgan fingerprint density at radius 3 is 3.00 bits per heavy atom. The van der Waals surface area contributed by atoms with Crippen molar-refractivity contribution in [2.75, 3.05) is 6.54 Å². The first kappa shape index (κ1) is 12.1. The first-order valence-electron chi connectivity index (χ1n) is 5.23. The molecule has 1 amide bonds. The Kier molecular flexibility index (Phi) is 3.60. The van der Waals surface area contributed by atoms with Crippen LogP contribution >= 0.6 is 0 Å². The Hall–Kier alpha value is -2.32. The van der Waals surface area contributed by atoms with Crippen molar-refractivity contribution in [1.82, 2.24) is 21.6 Å². The van der Waals surface area contributed by atoms with Gasteiger partial charge >= 0.3 is 0 Å². The molecule has 0 spiro atoms. The fraction of sp³-hybridized carbons (Fsp3) is 0.200. The molecule has 96 valence electrons. The third-order valence-electron chi connectivity index (χ3n) is 2.22. The van der Waals surface area contributed by atoms with Gasteiger partial charge < -0.3 is 15.5 Å². The maximum Gasteiger partial charge on any atom is 0.238 e. The summed E-state index contributed by atoms with van der Waals surface area (Å²) in [5, 5.41) is 25.0. The Morgan fingerprint density at radius 1 is 1.44 bits per heavy atom. The van der Waals surface area contributed by atoms with E-state index >= 15 is 0 Å². The molecule has 1 unspecified atom stereocenters. The quantitative estimate of drug-likeness (QED) is 0.288. The Labute approximate surface area is 103 Å². The highest BCUT2D eigenvalue weighted by molar-refractivity contribution is 5.83. The van der Waals surface area contributed by atoms with E-state index in [1.54, 1.807) is 0 Å². The van der Waals surface area contributed by atoms with Gasteiger partial charge in [0.1, 0.15) is 11.5 Å². The molecule has 1 aliphatic rings. The zero-order valence-electron chi connectivity index (χ0n) is 9.34. The average molecular weight is 251 g/mol. The maximum absolute atomic E-state index is 11.0. The number of nitrogens with zero attached hydrogens (tertiary/aromatic N) is 1. The van der Waals surface area contributed by atoms with Crippen LogP contribution < -0.4 is 21.6 Å². The highest BCUT2D eigenvalue weighted by Gasteiger charge is 2.15. The summed E-state index contributed by atoms with van der Waals surface area (Å²) in [6.45, 7) is 0.195. The van der Waals surface area contributed by atoms with Crippen molar-refractivity contribution in [3.63, 3.8) is 0 Å². The second kappa shape index (κ2) is 5.34. The van der Waals surface area contributed by atoms with E-state index < -0.39 is 6.29 Å². The lowest BCUT2D eigenvalue weighted by atomic mass is 10.2. The smallest absolute Gasteiger partial charge is 0.238 e. The summed E-state index contributed by atoms with van der Waals surface area (Å²) >= 11 is 0. The van der Waals surface area contributed by atoms with Crippen LogP contribution in [0.5, 0.6) is 11.5 Å². The van der Waals surface area contributed by atoms with Gasteiger partial charge in [-0.05, 0) is 12.1 Å². The number of benzene rings is 1. The van der Waals surface area contributed by atoms with Crippen LogP contribution in [0.15, 0.2) is 23.3 Å². The molecule has 1 atom stereocenters. The number of phenols is 2. The number of aromatic hydroxyl groups is 2. The largest absolute Gasteiger partial charge is 0.508 e. The molecule has 1 aromatic carbocycles. The zero-order chi connectivity index (χ0) is 13.0. The van der Waals surface area contributed by atoms with Gasteiger partial charge in [-0.25, -0.2) is 10.9 Å². The summed E-state index contributed by atoms with van der Waals surface area (Å²) in [4.78, 5) is 11.0. The van der Waals surface area contributed by atoms with Gasteiger partial charge in [-0.1, -0.05) is 0 Å². The van der Waals surface area contributed by atoms with Gasteiger partial charge in [-0.15, -0.1) is 0 Å². The monoisotopic (exact) mass is 251 g/mol. The molecular weight excluding hydrogens is 238 g/mol. The molecule has 8 heteroatoms. The van der Waals surface area contributed by atoms with Crippen molar-refractivity contribution >= 4 is 12.1 Å². The third-order valence-corrected chi connectivity index (χ3v) is 2.22. The number of hydrazone groups is 1. The molecule has 1 aromatic rings. The third kappa shape index (κ3) is 3.09. The lowest BCUT2D eigenvalue weighted by Gasteiger charge is -2.24. The van der Waals surface area contributed by atoms with Gasteiger partial charge in [0.25, 0.3) is 0 Å². The van der Waals surface area contributed by atoms with Crippen LogP contribution in [-0.4, -0.2) is 35.2 Å². The molecule has 1 fully saturated rings. The molecule has 8 nitrogen and oxygen atoms in total. The highest BCUT2D eigenvalue weighted by atomic mass is 16.3. The average Bonchev–Trinajstić information content (AvgIpc) is 2.32. The molecule has 0 aromatic heterocycles. The van der Waals surface area contributed by atoms with Crippen molar-refractivity contribution in [2.24, 2.45) is 5.10 Å². The number of hydrazine groups is 1. The zero-order valence-corrected chi connectivity index (χ0v) is 9.34. The first-order chi connectivity index (χ1) is 8.65. The molecule has 6 N–H and O–H groups in total. The van der Waals surface area contributed by atoms with Crippen LogP contribution in [0, 0.1) is 0 Å². The van der Waals surface area contributed by atoms with Crippen LogP contribution in [0.25, 0.3) is 0 Å². The second-order valence-electron chi connectivity index (χ2n) is 3.63. The lowest BCUT2D eigenvalue weighted by Crippen LogP contribution is -2.64. The number of amides is 1. The molecule has 1 aliphatic heterocycles. The number of hydrogen-bond donors (Lipinski definition) is 6. The van der Waals surface area contributed by atoms with Crippen LogP contribution in [0.2, 0.25) is 0 Å². The van der Waals surface area contributed by atoms with Crippen LogP contribution in [0.3, 0.4) is 0 Å². The number of phenolic OH excluding ortho intramolecular Hbond substituents is 2. The molecule has 0 aliphatic carbocycles. The number of nitrogens with one attached hydrogen (secondary N) is 4. The van der Waals surface area contributed by atoms with Crippen LogP contribution in [0.4, 0.5) is 0 Å². The number of carbonyl (C=O) groups excluding carboxylic acids is 1. The Balaban J connectivity index is 1.92. The van der Waals surface area contributed by atoms with Crippen molar-refractivity contribution < 1.29 is 15.0 Å². The maximum atomic E-state index is 11.0. The Bertz CT molecular complexity index is 477. The van der Waals surface area contributed by atoms with E-state index in [-0.39, 0.29) is 24.0 Å². The first-order valence-corrected chi connectivity index (χ1v) is 5.23. The second-order valence-corrected chi connectivity index (χ2v) is 3.63. The van der Waals surface area contributed by atoms with Gasteiger partial charge in [-0.2, -0.15) is 5.10 Å². The van der Waals surface area contributed by atoms with Gasteiger partial charge in [0.2, 0.25) is 5.91 Å². The molecule has 0 saturated carbocycles. The summed E-state index contributed by atoms with van der Waals surface area (Å²) in [5.74, 6) is -0.267. The fourth-order valence-electron chi connectivity index (χ4n) is 1.37. The normalized spacial score (nSPS) is 19.8. The minimum atomic E-state index is -0.526. The predicted octanol–water partition coefficient (Wildman–Crippen LogP) is -1.47. The summed E-state index contributed by atoms with van der Waals surface area (Å²) in [6.07, 6.45) is 0.846.